The predicted molar refractivity (Wildman–Crippen MR) is 93.0 cm³/mol. The number of carbonyl (C=O) groups is 1. The highest BCUT2D eigenvalue weighted by Crippen LogP contribution is 2.47. The van der Waals surface area contributed by atoms with Crippen LogP contribution in [0.3, 0.4) is 0 Å². The zero-order chi connectivity index (χ0) is 21.1. The molecule has 2 atom stereocenters. The molecule has 2 unspecified atom stereocenters. The fourth-order valence-electron chi connectivity index (χ4n) is 3.68. The topological polar surface area (TPSA) is 54.8 Å². The quantitative estimate of drug-likeness (QED) is 0.377. The molecule has 0 fully saturated rings. The van der Waals surface area contributed by atoms with Crippen LogP contribution in [0.5, 0.6) is 0 Å². The van der Waals surface area contributed by atoms with Gasteiger partial charge in [0.15, 0.2) is 17.4 Å². The summed E-state index contributed by atoms with van der Waals surface area (Å²) in [6.07, 6.45) is -2.30. The minimum Gasteiger partial charge on any atom is -0.431 e. The number of hydrogen-bond donors (Lipinski definition) is 0. The molecule has 1 aromatic rings. The van der Waals surface area contributed by atoms with Gasteiger partial charge in [-0.1, -0.05) is 11.6 Å². The third-order valence-corrected chi connectivity index (χ3v) is 5.46. The molecular weight excluding hydrogens is 444 g/mol. The van der Waals surface area contributed by atoms with Gasteiger partial charge >= 0.3 is 12.8 Å². The maximum absolute atomic E-state index is 13.2. The molecule has 1 aromatic heterocycles. The zero-order valence-electron chi connectivity index (χ0n) is 14.2. The summed E-state index contributed by atoms with van der Waals surface area (Å²) in [6, 6.07) is 1.47. The van der Waals surface area contributed by atoms with Crippen LogP contribution in [0.4, 0.5) is 22.0 Å². The second-order valence-corrected chi connectivity index (χ2v) is 7.51. The zero-order valence-corrected chi connectivity index (χ0v) is 15.7. The molecule has 0 bridgehead atoms. The number of rotatable bonds is 2. The summed E-state index contributed by atoms with van der Waals surface area (Å²) >= 11 is 12.2. The molecule has 5 nitrogen and oxygen atoms in total. The van der Waals surface area contributed by atoms with Gasteiger partial charge in [0, 0.05) is 18.8 Å². The Hall–Kier alpha value is -2.20. The van der Waals surface area contributed by atoms with Gasteiger partial charge in [-0.15, -0.1) is 11.6 Å². The number of carbonyl (C=O) groups excluding carboxylic acids is 1. The average molecular weight is 454 g/mol. The summed E-state index contributed by atoms with van der Waals surface area (Å²) in [7, 11) is 0. The molecule has 0 aromatic carbocycles. The fourth-order valence-corrected chi connectivity index (χ4v) is 4.30. The van der Waals surface area contributed by atoms with Crippen molar-refractivity contribution in [2.24, 2.45) is 4.99 Å². The number of halogens is 7. The van der Waals surface area contributed by atoms with Crippen LogP contribution in [0.15, 0.2) is 40.9 Å². The number of ether oxygens (including phenoxy) is 1. The smallest absolute Gasteiger partial charge is 0.417 e. The number of nitrogens with zero attached hydrogens (tertiary/aromatic N) is 3. The molecule has 3 heterocycles. The van der Waals surface area contributed by atoms with Crippen LogP contribution in [-0.4, -0.2) is 46.2 Å². The highest BCUT2D eigenvalue weighted by molar-refractivity contribution is 6.39. The third-order valence-electron chi connectivity index (χ3n) is 4.82. The van der Waals surface area contributed by atoms with Gasteiger partial charge in [-0.3, -0.25) is 9.79 Å². The van der Waals surface area contributed by atoms with Gasteiger partial charge in [0.25, 0.3) is 0 Å². The summed E-state index contributed by atoms with van der Waals surface area (Å²) in [4.78, 5) is 21.8. The van der Waals surface area contributed by atoms with Crippen molar-refractivity contribution in [1.29, 1.82) is 0 Å². The van der Waals surface area contributed by atoms with Crippen LogP contribution < -0.4 is 0 Å². The lowest BCUT2D eigenvalue weighted by Gasteiger charge is -2.35. The van der Waals surface area contributed by atoms with Crippen molar-refractivity contribution in [3.63, 3.8) is 0 Å². The van der Waals surface area contributed by atoms with Gasteiger partial charge in [0.1, 0.15) is 10.7 Å². The van der Waals surface area contributed by atoms with Gasteiger partial charge in [0.05, 0.1) is 23.1 Å². The first-order chi connectivity index (χ1) is 13.5. The van der Waals surface area contributed by atoms with Gasteiger partial charge < -0.3 is 9.64 Å². The number of pyridine rings is 1. The molecule has 2 aliphatic heterocycles. The van der Waals surface area contributed by atoms with E-state index in [9.17, 15) is 26.7 Å². The lowest BCUT2D eigenvalue weighted by molar-refractivity contribution is -0.0981. The molecule has 12 heteroatoms. The van der Waals surface area contributed by atoms with Crippen molar-refractivity contribution in [2.45, 2.75) is 30.1 Å². The van der Waals surface area contributed by atoms with Gasteiger partial charge in [-0.05, 0) is 17.7 Å². The molecule has 0 amide bonds. The molecule has 29 heavy (non-hydrogen) atoms. The maximum Gasteiger partial charge on any atom is 0.417 e. The number of aromatic nitrogens is 1. The molecule has 0 radical (unpaired) electrons. The monoisotopic (exact) mass is 453 g/mol. The van der Waals surface area contributed by atoms with E-state index in [1.807, 2.05) is 0 Å². The minimum atomic E-state index is -4.79. The molecule has 0 saturated carbocycles. The molecule has 0 N–H and O–H groups in total. The summed E-state index contributed by atoms with van der Waals surface area (Å²) in [6.45, 7) is -3.52. The Labute approximate surface area is 170 Å². The van der Waals surface area contributed by atoms with E-state index in [4.69, 9.17) is 23.2 Å². The van der Waals surface area contributed by atoms with E-state index >= 15 is 0 Å². The third kappa shape index (κ3) is 3.28. The number of hydrogen-bond acceptors (Lipinski definition) is 5. The molecule has 0 saturated heterocycles. The van der Waals surface area contributed by atoms with E-state index in [0.29, 0.717) is 11.6 Å². The van der Waals surface area contributed by atoms with Gasteiger partial charge in [0.2, 0.25) is 0 Å². The maximum atomic E-state index is 13.2. The number of allylic oxidation sites excluding steroid dienone is 2. The average Bonchev–Trinajstić information content (AvgIpc) is 2.98. The first-order valence-electron chi connectivity index (χ1n) is 8.17. The Bertz CT molecular complexity index is 992. The van der Waals surface area contributed by atoms with E-state index in [1.165, 1.54) is 12.3 Å². The van der Waals surface area contributed by atoms with Crippen LogP contribution in [0.1, 0.15) is 22.3 Å². The van der Waals surface area contributed by atoms with E-state index < -0.39 is 40.8 Å². The van der Waals surface area contributed by atoms with E-state index in [0.717, 1.165) is 11.1 Å². The summed E-state index contributed by atoms with van der Waals surface area (Å²) in [5.41, 5.74) is -2.12. The molecule has 4 rings (SSSR count). The van der Waals surface area contributed by atoms with Crippen LogP contribution in [0.25, 0.3) is 0 Å². The van der Waals surface area contributed by atoms with Crippen molar-refractivity contribution < 1.29 is 31.5 Å². The van der Waals surface area contributed by atoms with Crippen molar-refractivity contribution >= 4 is 34.8 Å². The van der Waals surface area contributed by atoms with E-state index in [-0.39, 0.29) is 29.5 Å². The first-order valence-corrected chi connectivity index (χ1v) is 8.99. The fraction of sp³-hybridized carbons (Fsp3) is 0.353. The number of fused-ring (bicyclic) bond motifs is 3. The first kappa shape index (κ1) is 20.1. The Morgan fingerprint density at radius 3 is 2.72 bits per heavy atom. The molecule has 154 valence electrons. The van der Waals surface area contributed by atoms with Crippen LogP contribution >= 0.6 is 23.2 Å². The normalized spacial score (nSPS) is 26.2. The van der Waals surface area contributed by atoms with Crippen LogP contribution in [0.2, 0.25) is 5.15 Å². The standard InChI is InChI=1S/C17H10Cl2F5N3O2/c18-9-4-16(8-1-2-25-13(19)11(8)12(9)28)6-27-5-7(17(22,23)24)3-10(14(27)26-16)29-15(20)21/h1-3,5,9,15H,4,6H2. The van der Waals surface area contributed by atoms with Crippen molar-refractivity contribution in [1.82, 2.24) is 9.88 Å². The Balaban J connectivity index is 1.87. The van der Waals surface area contributed by atoms with Gasteiger partial charge in [-0.25, -0.2) is 4.98 Å². The lowest BCUT2D eigenvalue weighted by atomic mass is 9.77. The van der Waals surface area contributed by atoms with Crippen molar-refractivity contribution in [3.05, 3.63) is 52.2 Å². The largest absolute Gasteiger partial charge is 0.431 e. The molecule has 1 aliphatic carbocycles. The SMILES string of the molecule is O=C1c2c(ccnc2Cl)C2(CC1Cl)CN1C=C(C(F)(F)F)C=C(OC(F)F)C1=N2. The molecule has 3 aliphatic rings. The second kappa shape index (κ2) is 6.66. The number of ketones is 1. The Kier molecular flexibility index (Phi) is 4.62. The van der Waals surface area contributed by atoms with Crippen LogP contribution in [-0.2, 0) is 10.3 Å². The van der Waals surface area contributed by atoms with E-state index in [1.54, 1.807) is 0 Å². The lowest BCUT2D eigenvalue weighted by Crippen LogP contribution is -2.42. The number of Topliss-reactive ketones (excluding diaryl/α,β-unsaturated/α-hetero) is 1. The number of alkyl halides is 6. The summed E-state index contributed by atoms with van der Waals surface area (Å²) < 4.78 is 69.6. The second-order valence-electron chi connectivity index (χ2n) is 6.62. The van der Waals surface area contributed by atoms with Crippen molar-refractivity contribution in [2.75, 3.05) is 6.54 Å². The number of aliphatic imine (C=N–C) groups is 1. The van der Waals surface area contributed by atoms with Crippen molar-refractivity contribution in [3.8, 4) is 0 Å². The molecule has 1 spiro atoms. The van der Waals surface area contributed by atoms with Crippen LogP contribution in [0, 0.1) is 0 Å². The van der Waals surface area contributed by atoms with Gasteiger partial charge in [-0.2, -0.15) is 22.0 Å². The summed E-state index contributed by atoms with van der Waals surface area (Å²) in [5, 5.41) is -1.18. The minimum absolute atomic E-state index is 0.0185. The highest BCUT2D eigenvalue weighted by atomic mass is 35.5. The Morgan fingerprint density at radius 2 is 2.07 bits per heavy atom. The predicted octanol–water partition coefficient (Wildman–Crippen LogP) is 4.42. The highest BCUT2D eigenvalue weighted by Gasteiger charge is 2.51. The summed E-state index contributed by atoms with van der Waals surface area (Å²) in [5.74, 6) is -1.42. The molecular formula is C17H10Cl2F5N3O2. The number of amidine groups is 1. The van der Waals surface area contributed by atoms with E-state index in [2.05, 4.69) is 14.7 Å². The Morgan fingerprint density at radius 1 is 1.34 bits per heavy atom.